The summed E-state index contributed by atoms with van der Waals surface area (Å²) in [5, 5.41) is 0.934. The number of rotatable bonds is 6. The second-order valence-corrected chi connectivity index (χ2v) is 8.06. The number of anilines is 1. The molecule has 30 heavy (non-hydrogen) atoms. The summed E-state index contributed by atoms with van der Waals surface area (Å²) in [6.45, 7) is 4.11. The van der Waals surface area contributed by atoms with Crippen molar-refractivity contribution in [1.29, 1.82) is 0 Å². The van der Waals surface area contributed by atoms with Crippen LogP contribution in [0, 0.1) is 6.92 Å². The Balaban J connectivity index is 1.90. The molecule has 1 aromatic carbocycles. The number of hydrogen-bond acceptors (Lipinski definition) is 6. The second-order valence-electron chi connectivity index (χ2n) is 7.15. The average Bonchev–Trinajstić information content (AvgIpc) is 3.15. The standard InChI is InChI=1S/C22H22BrN5O2/c1-13-6-4-5-7-17(13)22(2,30-12-29-3)19-9-18(27-21(24)28-19)16-11-26-20-15(16)8-14(23)10-25-20/h4-11H,12H2,1-3H3,(H,25,26)(H2,24,27,28). The van der Waals surface area contributed by atoms with Gasteiger partial charge in [0.05, 0.1) is 11.4 Å². The van der Waals surface area contributed by atoms with Crippen LogP contribution in [0.15, 0.2) is 53.3 Å². The number of fused-ring (bicyclic) bond motifs is 1. The Bertz CT molecular complexity index is 1210. The predicted octanol–water partition coefficient (Wildman–Crippen LogP) is 4.56. The third kappa shape index (κ3) is 3.69. The summed E-state index contributed by atoms with van der Waals surface area (Å²) in [6, 6.07) is 11.9. The first kappa shape index (κ1) is 20.5. The van der Waals surface area contributed by atoms with E-state index in [2.05, 4.69) is 35.9 Å². The smallest absolute Gasteiger partial charge is 0.220 e. The van der Waals surface area contributed by atoms with Gasteiger partial charge in [0.1, 0.15) is 18.0 Å². The lowest BCUT2D eigenvalue weighted by Gasteiger charge is -2.31. The summed E-state index contributed by atoms with van der Waals surface area (Å²) in [7, 11) is 1.59. The molecule has 1 unspecified atom stereocenters. The van der Waals surface area contributed by atoms with Crippen LogP contribution in [-0.4, -0.2) is 33.8 Å². The Morgan fingerprint density at radius 1 is 1.20 bits per heavy atom. The number of methoxy groups -OCH3 is 1. The van der Waals surface area contributed by atoms with E-state index >= 15 is 0 Å². The van der Waals surface area contributed by atoms with Gasteiger partial charge in [0.15, 0.2) is 0 Å². The van der Waals surface area contributed by atoms with Gasteiger partial charge < -0.3 is 20.2 Å². The summed E-state index contributed by atoms with van der Waals surface area (Å²) in [5.74, 6) is 0.167. The van der Waals surface area contributed by atoms with E-state index in [0.717, 1.165) is 32.2 Å². The molecular weight excluding hydrogens is 446 g/mol. The molecule has 0 aliphatic rings. The number of halogens is 1. The van der Waals surface area contributed by atoms with E-state index in [9.17, 15) is 0 Å². The molecule has 0 bridgehead atoms. The first-order valence-corrected chi connectivity index (χ1v) is 10.2. The highest BCUT2D eigenvalue weighted by molar-refractivity contribution is 9.10. The van der Waals surface area contributed by atoms with E-state index in [-0.39, 0.29) is 12.7 Å². The molecule has 1 atom stereocenters. The number of nitrogens with one attached hydrogen (secondary N) is 1. The van der Waals surface area contributed by atoms with Gasteiger partial charge >= 0.3 is 0 Å². The van der Waals surface area contributed by atoms with Crippen molar-refractivity contribution in [3.8, 4) is 11.3 Å². The van der Waals surface area contributed by atoms with Crippen LogP contribution in [0.2, 0.25) is 0 Å². The minimum atomic E-state index is -0.877. The van der Waals surface area contributed by atoms with Crippen molar-refractivity contribution >= 4 is 32.9 Å². The first-order valence-electron chi connectivity index (χ1n) is 9.39. The predicted molar refractivity (Wildman–Crippen MR) is 120 cm³/mol. The maximum absolute atomic E-state index is 6.17. The maximum atomic E-state index is 6.17. The van der Waals surface area contributed by atoms with Crippen LogP contribution in [-0.2, 0) is 15.1 Å². The molecule has 0 saturated heterocycles. The second kappa shape index (κ2) is 8.14. The normalized spacial score (nSPS) is 13.5. The van der Waals surface area contributed by atoms with Gasteiger partial charge in [-0.25, -0.2) is 15.0 Å². The number of nitrogens with two attached hydrogens (primary N) is 1. The zero-order valence-corrected chi connectivity index (χ0v) is 18.5. The number of nitrogen functional groups attached to an aromatic ring is 1. The summed E-state index contributed by atoms with van der Waals surface area (Å²) >= 11 is 3.48. The Morgan fingerprint density at radius 3 is 2.77 bits per heavy atom. The zero-order valence-electron chi connectivity index (χ0n) is 16.9. The molecule has 0 fully saturated rings. The van der Waals surface area contributed by atoms with Crippen LogP contribution in [0.3, 0.4) is 0 Å². The van der Waals surface area contributed by atoms with Gasteiger partial charge in [0.25, 0.3) is 0 Å². The fraction of sp³-hybridized carbons (Fsp3) is 0.227. The van der Waals surface area contributed by atoms with E-state index in [1.54, 1.807) is 13.3 Å². The van der Waals surface area contributed by atoms with Gasteiger partial charge in [-0.05, 0) is 53.0 Å². The van der Waals surface area contributed by atoms with Gasteiger partial charge in [-0.1, -0.05) is 24.3 Å². The highest BCUT2D eigenvalue weighted by atomic mass is 79.9. The van der Waals surface area contributed by atoms with Crippen LogP contribution in [0.1, 0.15) is 23.7 Å². The van der Waals surface area contributed by atoms with Crippen LogP contribution >= 0.6 is 15.9 Å². The highest BCUT2D eigenvalue weighted by Crippen LogP contribution is 2.37. The fourth-order valence-electron chi connectivity index (χ4n) is 3.61. The molecule has 3 N–H and O–H groups in total. The molecule has 3 aromatic heterocycles. The van der Waals surface area contributed by atoms with Crippen molar-refractivity contribution < 1.29 is 9.47 Å². The largest absolute Gasteiger partial charge is 0.368 e. The maximum Gasteiger partial charge on any atom is 0.220 e. The number of nitrogens with zero attached hydrogens (tertiary/aromatic N) is 3. The Morgan fingerprint density at radius 2 is 2.00 bits per heavy atom. The molecule has 0 spiro atoms. The Kier molecular flexibility index (Phi) is 5.55. The lowest BCUT2D eigenvalue weighted by Crippen LogP contribution is -2.31. The SMILES string of the molecule is COCOC(C)(c1cc(-c2c[nH]c3ncc(Br)cc23)nc(N)n1)c1ccccc1C. The fourth-order valence-corrected chi connectivity index (χ4v) is 3.94. The van der Waals surface area contributed by atoms with Gasteiger partial charge in [-0.15, -0.1) is 0 Å². The van der Waals surface area contributed by atoms with Crippen molar-refractivity contribution in [2.45, 2.75) is 19.4 Å². The van der Waals surface area contributed by atoms with Gasteiger partial charge in [-0.2, -0.15) is 0 Å². The van der Waals surface area contributed by atoms with E-state index in [4.69, 9.17) is 15.2 Å². The van der Waals surface area contributed by atoms with E-state index in [0.29, 0.717) is 11.4 Å². The molecule has 3 heterocycles. The van der Waals surface area contributed by atoms with Crippen molar-refractivity contribution in [3.05, 3.63) is 70.1 Å². The third-order valence-electron chi connectivity index (χ3n) is 5.13. The third-order valence-corrected chi connectivity index (χ3v) is 5.56. The van der Waals surface area contributed by atoms with Gasteiger partial charge in [-0.3, -0.25) is 0 Å². The molecular formula is C22H22BrN5O2. The molecule has 0 amide bonds. The van der Waals surface area contributed by atoms with E-state index in [1.807, 2.05) is 56.4 Å². The minimum absolute atomic E-state index is 0.105. The number of aromatic nitrogens is 4. The highest BCUT2D eigenvalue weighted by Gasteiger charge is 2.34. The quantitative estimate of drug-likeness (QED) is 0.403. The van der Waals surface area contributed by atoms with Crippen LogP contribution in [0.4, 0.5) is 5.95 Å². The lowest BCUT2D eigenvalue weighted by atomic mass is 9.88. The molecule has 4 rings (SSSR count). The minimum Gasteiger partial charge on any atom is -0.368 e. The van der Waals surface area contributed by atoms with Gasteiger partial charge in [0.2, 0.25) is 5.95 Å². The summed E-state index contributed by atoms with van der Waals surface area (Å²) in [4.78, 5) is 16.6. The summed E-state index contributed by atoms with van der Waals surface area (Å²) in [5.41, 5.74) is 10.3. The van der Waals surface area contributed by atoms with Crippen molar-refractivity contribution in [2.24, 2.45) is 0 Å². The van der Waals surface area contributed by atoms with Crippen molar-refractivity contribution in [3.63, 3.8) is 0 Å². The monoisotopic (exact) mass is 467 g/mol. The lowest BCUT2D eigenvalue weighted by molar-refractivity contribution is -0.109. The van der Waals surface area contributed by atoms with Crippen LogP contribution in [0.25, 0.3) is 22.3 Å². The average molecular weight is 468 g/mol. The zero-order chi connectivity index (χ0) is 21.3. The number of pyridine rings is 1. The molecule has 4 aromatic rings. The molecule has 8 heteroatoms. The number of aromatic amines is 1. The number of benzene rings is 1. The Labute approximate surface area is 182 Å². The topological polar surface area (TPSA) is 98.9 Å². The molecule has 154 valence electrons. The van der Waals surface area contributed by atoms with Crippen molar-refractivity contribution in [2.75, 3.05) is 19.6 Å². The molecule has 0 aliphatic heterocycles. The molecule has 0 saturated carbocycles. The summed E-state index contributed by atoms with van der Waals surface area (Å²) < 4.78 is 12.3. The van der Waals surface area contributed by atoms with E-state index in [1.165, 1.54) is 0 Å². The first-order chi connectivity index (χ1) is 14.4. The van der Waals surface area contributed by atoms with Gasteiger partial charge in [0, 0.05) is 34.9 Å². The molecule has 7 nitrogen and oxygen atoms in total. The molecule has 0 radical (unpaired) electrons. The Hall–Kier alpha value is -2.81. The number of ether oxygens (including phenoxy) is 2. The van der Waals surface area contributed by atoms with E-state index < -0.39 is 5.60 Å². The summed E-state index contributed by atoms with van der Waals surface area (Å²) in [6.07, 6.45) is 3.62. The number of aryl methyl sites for hydroxylation is 1. The van der Waals surface area contributed by atoms with Crippen molar-refractivity contribution in [1.82, 2.24) is 19.9 Å². The van der Waals surface area contributed by atoms with Crippen LogP contribution in [0.5, 0.6) is 0 Å². The molecule has 0 aliphatic carbocycles. The number of hydrogen-bond donors (Lipinski definition) is 2. The van der Waals surface area contributed by atoms with Crippen LogP contribution < -0.4 is 5.73 Å². The number of H-pyrrole nitrogens is 1.